The van der Waals surface area contributed by atoms with Gasteiger partial charge in [0.05, 0.1) is 7.11 Å². The van der Waals surface area contributed by atoms with Gasteiger partial charge in [0, 0.05) is 12.6 Å². The van der Waals surface area contributed by atoms with Gasteiger partial charge in [0.1, 0.15) is 5.75 Å². The molecule has 2 nitrogen and oxygen atoms in total. The molecule has 0 aromatic heterocycles. The zero-order valence-electron chi connectivity index (χ0n) is 10.3. The number of hydrogen-bond acceptors (Lipinski definition) is 2. The van der Waals surface area contributed by atoms with E-state index in [2.05, 4.69) is 30.0 Å². The smallest absolute Gasteiger partial charge is 0.119 e. The van der Waals surface area contributed by atoms with Crippen molar-refractivity contribution in [3.05, 3.63) is 29.8 Å². The van der Waals surface area contributed by atoms with Crippen molar-refractivity contribution in [3.8, 4) is 5.75 Å². The van der Waals surface area contributed by atoms with Crippen molar-refractivity contribution in [2.24, 2.45) is 0 Å². The van der Waals surface area contributed by atoms with E-state index in [9.17, 15) is 0 Å². The summed E-state index contributed by atoms with van der Waals surface area (Å²) in [5, 5.41) is 0. The van der Waals surface area contributed by atoms with Crippen LogP contribution in [-0.2, 0) is 6.42 Å². The van der Waals surface area contributed by atoms with Crippen LogP contribution in [0.15, 0.2) is 24.3 Å². The quantitative estimate of drug-likeness (QED) is 0.772. The zero-order chi connectivity index (χ0) is 11.4. The molecule has 1 fully saturated rings. The van der Waals surface area contributed by atoms with Gasteiger partial charge >= 0.3 is 0 Å². The molecule has 2 heteroatoms. The summed E-state index contributed by atoms with van der Waals surface area (Å²) in [4.78, 5) is 2.58. The second kappa shape index (κ2) is 5.35. The molecule has 1 aliphatic rings. The van der Waals surface area contributed by atoms with Crippen LogP contribution < -0.4 is 4.74 Å². The molecule has 1 heterocycles. The van der Waals surface area contributed by atoms with Gasteiger partial charge in [-0.15, -0.1) is 0 Å². The van der Waals surface area contributed by atoms with Crippen LogP contribution in [0.4, 0.5) is 0 Å². The molecule has 1 atom stereocenters. The highest BCUT2D eigenvalue weighted by Gasteiger charge is 2.19. The zero-order valence-corrected chi connectivity index (χ0v) is 10.3. The lowest BCUT2D eigenvalue weighted by molar-refractivity contribution is 0.272. The van der Waals surface area contributed by atoms with Crippen LogP contribution in [0, 0.1) is 0 Å². The fraction of sp³-hybridized carbons (Fsp3) is 0.571. The van der Waals surface area contributed by atoms with Crippen LogP contribution in [0.1, 0.15) is 25.3 Å². The molecule has 88 valence electrons. The van der Waals surface area contributed by atoms with Gasteiger partial charge in [-0.3, -0.25) is 0 Å². The van der Waals surface area contributed by atoms with Gasteiger partial charge in [-0.25, -0.2) is 0 Å². The standard InChI is InChI=1S/C14H21NO/c1-12-5-4-9-15(12)10-8-13-6-3-7-14(11-13)16-2/h3,6-7,11-12H,4-5,8-10H2,1-2H3. The minimum atomic E-state index is 0.769. The molecule has 0 spiro atoms. The Labute approximate surface area is 98.2 Å². The monoisotopic (exact) mass is 219 g/mol. The number of likely N-dealkylation sites (tertiary alicyclic amines) is 1. The fourth-order valence-corrected chi connectivity index (χ4v) is 2.43. The minimum Gasteiger partial charge on any atom is -0.497 e. The van der Waals surface area contributed by atoms with E-state index in [4.69, 9.17) is 4.74 Å². The second-order valence-electron chi connectivity index (χ2n) is 4.63. The SMILES string of the molecule is COc1cccc(CCN2CCCC2C)c1. The molecule has 1 unspecified atom stereocenters. The van der Waals surface area contributed by atoms with Crippen molar-refractivity contribution in [1.82, 2.24) is 4.90 Å². The molecule has 0 saturated carbocycles. The Balaban J connectivity index is 1.88. The molecule has 0 N–H and O–H groups in total. The van der Waals surface area contributed by atoms with Crippen LogP contribution in [-0.4, -0.2) is 31.1 Å². The number of methoxy groups -OCH3 is 1. The largest absolute Gasteiger partial charge is 0.497 e. The van der Waals surface area contributed by atoms with Crippen LogP contribution in [0.2, 0.25) is 0 Å². The van der Waals surface area contributed by atoms with E-state index in [1.165, 1.54) is 31.5 Å². The van der Waals surface area contributed by atoms with Crippen molar-refractivity contribution in [2.75, 3.05) is 20.2 Å². The van der Waals surface area contributed by atoms with E-state index >= 15 is 0 Å². The maximum Gasteiger partial charge on any atom is 0.119 e. The molecular weight excluding hydrogens is 198 g/mol. The van der Waals surface area contributed by atoms with Gasteiger partial charge in [0.2, 0.25) is 0 Å². The van der Waals surface area contributed by atoms with E-state index in [-0.39, 0.29) is 0 Å². The van der Waals surface area contributed by atoms with Crippen LogP contribution in [0.5, 0.6) is 5.75 Å². The molecule has 0 bridgehead atoms. The highest BCUT2D eigenvalue weighted by molar-refractivity contribution is 5.28. The van der Waals surface area contributed by atoms with Crippen LogP contribution in [0.3, 0.4) is 0 Å². The Morgan fingerprint density at radius 3 is 3.00 bits per heavy atom. The first-order chi connectivity index (χ1) is 7.79. The average Bonchev–Trinajstić information content (AvgIpc) is 2.72. The topological polar surface area (TPSA) is 12.5 Å². The van der Waals surface area contributed by atoms with E-state index in [0.29, 0.717) is 0 Å². The number of ether oxygens (including phenoxy) is 1. The fourth-order valence-electron chi connectivity index (χ4n) is 2.43. The molecule has 0 amide bonds. The first-order valence-electron chi connectivity index (χ1n) is 6.16. The highest BCUT2D eigenvalue weighted by Crippen LogP contribution is 2.18. The second-order valence-corrected chi connectivity index (χ2v) is 4.63. The Morgan fingerprint density at radius 1 is 1.44 bits per heavy atom. The summed E-state index contributed by atoms with van der Waals surface area (Å²) in [6.45, 7) is 4.78. The third kappa shape index (κ3) is 2.76. The van der Waals surface area contributed by atoms with Crippen LogP contribution in [0.25, 0.3) is 0 Å². The Hall–Kier alpha value is -1.02. The van der Waals surface area contributed by atoms with Crippen molar-refractivity contribution >= 4 is 0 Å². The minimum absolute atomic E-state index is 0.769. The van der Waals surface area contributed by atoms with Gasteiger partial charge in [0.25, 0.3) is 0 Å². The number of hydrogen-bond donors (Lipinski definition) is 0. The predicted octanol–water partition coefficient (Wildman–Crippen LogP) is 2.72. The Kier molecular flexibility index (Phi) is 3.83. The van der Waals surface area contributed by atoms with Gasteiger partial charge in [0.15, 0.2) is 0 Å². The van der Waals surface area contributed by atoms with E-state index in [1.54, 1.807) is 7.11 Å². The maximum absolute atomic E-state index is 5.23. The summed E-state index contributed by atoms with van der Waals surface area (Å²) in [7, 11) is 1.72. The van der Waals surface area contributed by atoms with E-state index in [1.807, 2.05) is 6.07 Å². The summed E-state index contributed by atoms with van der Waals surface area (Å²) >= 11 is 0. The molecule has 1 saturated heterocycles. The van der Waals surface area contributed by atoms with E-state index < -0.39 is 0 Å². The lowest BCUT2D eigenvalue weighted by atomic mass is 10.1. The molecule has 2 rings (SSSR count). The van der Waals surface area contributed by atoms with Crippen LogP contribution >= 0.6 is 0 Å². The Bertz CT molecular complexity index is 337. The van der Waals surface area contributed by atoms with Crippen molar-refractivity contribution < 1.29 is 4.74 Å². The third-order valence-electron chi connectivity index (χ3n) is 3.51. The third-order valence-corrected chi connectivity index (χ3v) is 3.51. The number of rotatable bonds is 4. The number of benzene rings is 1. The summed E-state index contributed by atoms with van der Waals surface area (Å²) < 4.78 is 5.23. The van der Waals surface area contributed by atoms with Gasteiger partial charge in [-0.05, 0) is 50.4 Å². The van der Waals surface area contributed by atoms with E-state index in [0.717, 1.165) is 18.2 Å². The predicted molar refractivity (Wildman–Crippen MR) is 67.0 cm³/mol. The normalized spacial score (nSPS) is 21.2. The summed E-state index contributed by atoms with van der Waals surface area (Å²) in [5.74, 6) is 0.965. The molecule has 0 radical (unpaired) electrons. The molecule has 0 aliphatic carbocycles. The Morgan fingerprint density at radius 2 is 2.31 bits per heavy atom. The lowest BCUT2D eigenvalue weighted by Crippen LogP contribution is -2.28. The molecule has 1 aromatic rings. The van der Waals surface area contributed by atoms with Crippen molar-refractivity contribution in [1.29, 1.82) is 0 Å². The summed E-state index contributed by atoms with van der Waals surface area (Å²) in [6, 6.07) is 9.17. The highest BCUT2D eigenvalue weighted by atomic mass is 16.5. The molecule has 1 aliphatic heterocycles. The molecular formula is C14H21NO. The van der Waals surface area contributed by atoms with Gasteiger partial charge in [-0.2, -0.15) is 0 Å². The maximum atomic E-state index is 5.23. The van der Waals surface area contributed by atoms with Gasteiger partial charge < -0.3 is 9.64 Å². The number of nitrogens with zero attached hydrogens (tertiary/aromatic N) is 1. The van der Waals surface area contributed by atoms with Crippen molar-refractivity contribution in [2.45, 2.75) is 32.2 Å². The summed E-state index contributed by atoms with van der Waals surface area (Å²) in [6.07, 6.45) is 3.85. The summed E-state index contributed by atoms with van der Waals surface area (Å²) in [5.41, 5.74) is 1.37. The first kappa shape index (κ1) is 11.5. The van der Waals surface area contributed by atoms with Gasteiger partial charge in [-0.1, -0.05) is 12.1 Å². The molecule has 16 heavy (non-hydrogen) atoms. The average molecular weight is 219 g/mol. The first-order valence-corrected chi connectivity index (χ1v) is 6.16. The molecule has 1 aromatic carbocycles. The lowest BCUT2D eigenvalue weighted by Gasteiger charge is -2.20. The van der Waals surface area contributed by atoms with Crippen molar-refractivity contribution in [3.63, 3.8) is 0 Å².